The van der Waals surface area contributed by atoms with E-state index in [0.717, 1.165) is 11.6 Å². The SMILES string of the molecule is FC(F)(F)c1cc(Cl)cc2c(N/N=C/c3ccc(Cl)cc3)ccnc12. The van der Waals surface area contributed by atoms with Gasteiger partial charge in [-0.2, -0.15) is 18.3 Å². The van der Waals surface area contributed by atoms with Gasteiger partial charge in [-0.15, -0.1) is 0 Å². The molecule has 1 heterocycles. The summed E-state index contributed by atoms with van der Waals surface area (Å²) >= 11 is 11.6. The molecule has 3 rings (SSSR count). The Kier molecular flexibility index (Phi) is 4.83. The molecule has 25 heavy (non-hydrogen) atoms. The molecular formula is C17H10Cl2F3N3. The Bertz CT molecular complexity index is 938. The maximum Gasteiger partial charge on any atom is 0.418 e. The summed E-state index contributed by atoms with van der Waals surface area (Å²) in [6.07, 6.45) is -1.75. The number of hydrogen-bond donors (Lipinski definition) is 1. The minimum Gasteiger partial charge on any atom is -0.278 e. The molecular weight excluding hydrogens is 374 g/mol. The maximum absolute atomic E-state index is 13.2. The van der Waals surface area contributed by atoms with Crippen molar-refractivity contribution in [3.63, 3.8) is 0 Å². The van der Waals surface area contributed by atoms with Crippen molar-refractivity contribution >= 4 is 46.0 Å². The third kappa shape index (κ3) is 4.03. The number of hydrazone groups is 1. The normalized spacial score (nSPS) is 12.0. The number of benzene rings is 2. The number of anilines is 1. The Morgan fingerprint density at radius 2 is 1.72 bits per heavy atom. The average molecular weight is 384 g/mol. The fourth-order valence-electron chi connectivity index (χ4n) is 2.26. The van der Waals surface area contributed by atoms with Crippen LogP contribution >= 0.6 is 23.2 Å². The number of nitrogens with one attached hydrogen (secondary N) is 1. The van der Waals surface area contributed by atoms with Crippen molar-refractivity contribution in [3.8, 4) is 0 Å². The van der Waals surface area contributed by atoms with E-state index in [2.05, 4.69) is 15.5 Å². The van der Waals surface area contributed by atoms with Gasteiger partial charge in [0.2, 0.25) is 0 Å². The van der Waals surface area contributed by atoms with Gasteiger partial charge in [0.25, 0.3) is 0 Å². The van der Waals surface area contributed by atoms with Gasteiger partial charge in [-0.25, -0.2) is 0 Å². The first-order valence-electron chi connectivity index (χ1n) is 7.05. The highest BCUT2D eigenvalue weighted by atomic mass is 35.5. The quantitative estimate of drug-likeness (QED) is 0.444. The van der Waals surface area contributed by atoms with Crippen LogP contribution in [0, 0.1) is 0 Å². The molecule has 0 radical (unpaired) electrons. The number of pyridine rings is 1. The van der Waals surface area contributed by atoms with Gasteiger partial charge in [0.15, 0.2) is 0 Å². The first-order valence-corrected chi connectivity index (χ1v) is 7.80. The van der Waals surface area contributed by atoms with E-state index < -0.39 is 11.7 Å². The van der Waals surface area contributed by atoms with Crippen LogP contribution in [0.15, 0.2) is 53.8 Å². The standard InChI is InChI=1S/C17H10Cl2F3N3/c18-11-3-1-10(2-4-11)9-24-25-15-5-6-23-16-13(15)7-12(19)8-14(16)17(20,21)22/h1-9H,(H,23,25)/b24-9+. The van der Waals surface area contributed by atoms with E-state index in [9.17, 15) is 13.2 Å². The van der Waals surface area contributed by atoms with Gasteiger partial charge in [-0.05, 0) is 35.9 Å². The van der Waals surface area contributed by atoms with E-state index in [-0.39, 0.29) is 15.9 Å². The van der Waals surface area contributed by atoms with Crippen LogP contribution in [-0.4, -0.2) is 11.2 Å². The molecule has 0 aliphatic heterocycles. The Hall–Kier alpha value is -2.31. The number of fused-ring (bicyclic) bond motifs is 1. The Labute approximate surface area is 151 Å². The van der Waals surface area contributed by atoms with E-state index >= 15 is 0 Å². The van der Waals surface area contributed by atoms with Crippen molar-refractivity contribution in [1.29, 1.82) is 0 Å². The topological polar surface area (TPSA) is 37.3 Å². The van der Waals surface area contributed by atoms with Gasteiger partial charge in [0, 0.05) is 21.6 Å². The Morgan fingerprint density at radius 1 is 1.00 bits per heavy atom. The zero-order valence-corrected chi connectivity index (χ0v) is 14.0. The summed E-state index contributed by atoms with van der Waals surface area (Å²) in [6.45, 7) is 0. The highest BCUT2D eigenvalue weighted by Gasteiger charge is 2.34. The lowest BCUT2D eigenvalue weighted by Crippen LogP contribution is -2.07. The van der Waals surface area contributed by atoms with Crippen molar-refractivity contribution in [1.82, 2.24) is 4.98 Å². The van der Waals surface area contributed by atoms with Crippen LogP contribution in [0.4, 0.5) is 18.9 Å². The summed E-state index contributed by atoms with van der Waals surface area (Å²) in [7, 11) is 0. The van der Waals surface area contributed by atoms with E-state index in [0.29, 0.717) is 10.7 Å². The molecule has 3 aromatic rings. The fourth-order valence-corrected chi connectivity index (χ4v) is 2.60. The minimum absolute atomic E-state index is 0.0300. The lowest BCUT2D eigenvalue weighted by atomic mass is 10.1. The lowest BCUT2D eigenvalue weighted by molar-refractivity contribution is -0.136. The molecule has 2 aromatic carbocycles. The number of aromatic nitrogens is 1. The van der Waals surface area contributed by atoms with Crippen molar-refractivity contribution in [2.24, 2.45) is 5.10 Å². The van der Waals surface area contributed by atoms with Crippen LogP contribution in [0.3, 0.4) is 0 Å². The van der Waals surface area contributed by atoms with Crippen LogP contribution in [0.5, 0.6) is 0 Å². The molecule has 0 saturated carbocycles. The van der Waals surface area contributed by atoms with E-state index in [4.69, 9.17) is 23.2 Å². The molecule has 0 saturated heterocycles. The summed E-state index contributed by atoms with van der Waals surface area (Å²) in [5, 5.41) is 4.84. The average Bonchev–Trinajstić information content (AvgIpc) is 2.55. The largest absolute Gasteiger partial charge is 0.418 e. The summed E-state index contributed by atoms with van der Waals surface area (Å²) in [6, 6.07) is 10.7. The van der Waals surface area contributed by atoms with Gasteiger partial charge in [-0.3, -0.25) is 10.4 Å². The second-order valence-corrected chi connectivity index (χ2v) is 6.00. The number of hydrogen-bond acceptors (Lipinski definition) is 3. The van der Waals surface area contributed by atoms with Gasteiger partial charge in [0.05, 0.1) is 23.0 Å². The molecule has 0 spiro atoms. The van der Waals surface area contributed by atoms with Crippen LogP contribution in [0.1, 0.15) is 11.1 Å². The van der Waals surface area contributed by atoms with Crippen LogP contribution < -0.4 is 5.43 Å². The van der Waals surface area contributed by atoms with Crippen LogP contribution in [0.25, 0.3) is 10.9 Å². The van der Waals surface area contributed by atoms with Crippen molar-refractivity contribution in [2.75, 3.05) is 5.43 Å². The summed E-state index contributed by atoms with van der Waals surface area (Å²) < 4.78 is 39.5. The van der Waals surface area contributed by atoms with Crippen molar-refractivity contribution in [2.45, 2.75) is 6.18 Å². The first-order chi connectivity index (χ1) is 11.8. The predicted molar refractivity (Wildman–Crippen MR) is 94.4 cm³/mol. The molecule has 0 aliphatic rings. The number of halogens is 5. The zero-order valence-electron chi connectivity index (χ0n) is 12.5. The highest BCUT2D eigenvalue weighted by molar-refractivity contribution is 6.31. The summed E-state index contributed by atoms with van der Waals surface area (Å²) in [4.78, 5) is 3.84. The zero-order chi connectivity index (χ0) is 18.0. The van der Waals surface area contributed by atoms with E-state index in [1.54, 1.807) is 24.3 Å². The molecule has 0 bridgehead atoms. The molecule has 0 unspecified atom stereocenters. The summed E-state index contributed by atoms with van der Waals surface area (Å²) in [5.41, 5.74) is 2.79. The molecule has 8 heteroatoms. The Morgan fingerprint density at radius 3 is 2.40 bits per heavy atom. The fraction of sp³-hybridized carbons (Fsp3) is 0.0588. The van der Waals surface area contributed by atoms with Crippen molar-refractivity contribution in [3.05, 3.63) is 69.8 Å². The molecule has 0 amide bonds. The van der Waals surface area contributed by atoms with E-state index in [1.807, 2.05) is 0 Å². The number of rotatable bonds is 3. The highest BCUT2D eigenvalue weighted by Crippen LogP contribution is 2.37. The number of nitrogens with zero attached hydrogens (tertiary/aromatic N) is 2. The van der Waals surface area contributed by atoms with E-state index in [1.165, 1.54) is 24.5 Å². The molecule has 1 N–H and O–H groups in total. The molecule has 0 atom stereocenters. The minimum atomic E-state index is -4.55. The smallest absolute Gasteiger partial charge is 0.278 e. The van der Waals surface area contributed by atoms with Crippen LogP contribution in [-0.2, 0) is 6.18 Å². The third-order valence-electron chi connectivity index (χ3n) is 3.38. The molecule has 1 aromatic heterocycles. The lowest BCUT2D eigenvalue weighted by Gasteiger charge is -2.12. The second-order valence-electron chi connectivity index (χ2n) is 5.13. The second kappa shape index (κ2) is 6.90. The maximum atomic E-state index is 13.2. The van der Waals surface area contributed by atoms with Gasteiger partial charge >= 0.3 is 6.18 Å². The monoisotopic (exact) mass is 383 g/mol. The molecule has 128 valence electrons. The first kappa shape index (κ1) is 17.5. The van der Waals surface area contributed by atoms with Crippen molar-refractivity contribution < 1.29 is 13.2 Å². The summed E-state index contributed by atoms with van der Waals surface area (Å²) in [5.74, 6) is 0. The van der Waals surface area contributed by atoms with Crippen LogP contribution in [0.2, 0.25) is 10.0 Å². The third-order valence-corrected chi connectivity index (χ3v) is 3.85. The molecule has 0 aliphatic carbocycles. The van der Waals surface area contributed by atoms with Gasteiger partial charge in [0.1, 0.15) is 0 Å². The molecule has 3 nitrogen and oxygen atoms in total. The number of alkyl halides is 3. The molecule has 0 fully saturated rings. The Balaban J connectivity index is 1.97. The predicted octanol–water partition coefficient (Wildman–Crippen LogP) is 6.01. The van der Waals surface area contributed by atoms with Gasteiger partial charge < -0.3 is 0 Å². The van der Waals surface area contributed by atoms with Gasteiger partial charge in [-0.1, -0.05) is 35.3 Å².